The van der Waals surface area contributed by atoms with E-state index in [1.807, 2.05) is 0 Å². The van der Waals surface area contributed by atoms with Gasteiger partial charge < -0.3 is 14.6 Å². The van der Waals surface area contributed by atoms with Crippen molar-refractivity contribution in [2.45, 2.75) is 57.8 Å². The third-order valence-corrected chi connectivity index (χ3v) is 5.70. The number of halogens is 2. The minimum atomic E-state index is -0.153. The molecule has 1 aromatic rings. The number of hydrogen-bond donors (Lipinski definition) is 1. The van der Waals surface area contributed by atoms with Gasteiger partial charge in [0, 0.05) is 5.33 Å². The van der Waals surface area contributed by atoms with E-state index in [1.165, 1.54) is 52.7 Å². The highest BCUT2D eigenvalue weighted by atomic mass is 79.9. The number of phenolic OH excluding ortho intramolecular Hbond substituents is 1. The number of carbonyl (C=O) groups is 1. The molecule has 1 N–H and O–H groups in total. The zero-order valence-corrected chi connectivity index (χ0v) is 18.2. The van der Waals surface area contributed by atoms with Crippen LogP contribution in [-0.2, 0) is 6.42 Å². The van der Waals surface area contributed by atoms with E-state index >= 15 is 0 Å². The molecule has 0 radical (unpaired) electrons. The van der Waals surface area contributed by atoms with Crippen molar-refractivity contribution in [3.63, 3.8) is 0 Å². The molecule has 0 aliphatic carbocycles. The maximum atomic E-state index is 11.4. The fraction of sp³-hybridized carbons (Fsp3) is 0.632. The lowest BCUT2D eigenvalue weighted by atomic mass is 9.99. The summed E-state index contributed by atoms with van der Waals surface area (Å²) in [5, 5.41) is 11.4. The number of benzene rings is 1. The van der Waals surface area contributed by atoms with Gasteiger partial charge in [-0.25, -0.2) is 0 Å². The molecular formula is C19H28Br2O4. The van der Waals surface area contributed by atoms with Gasteiger partial charge in [0.2, 0.25) is 5.75 Å². The predicted octanol–water partition coefficient (Wildman–Crippen LogP) is 6.04. The van der Waals surface area contributed by atoms with E-state index in [0.717, 1.165) is 23.7 Å². The second-order valence-electron chi connectivity index (χ2n) is 6.01. The van der Waals surface area contributed by atoms with Crippen molar-refractivity contribution < 1.29 is 19.4 Å². The first-order valence-corrected chi connectivity index (χ1v) is 10.7. The van der Waals surface area contributed by atoms with E-state index < -0.39 is 0 Å². The number of rotatable bonds is 13. The Morgan fingerprint density at radius 1 is 0.920 bits per heavy atom. The first-order valence-electron chi connectivity index (χ1n) is 8.78. The highest BCUT2D eigenvalue weighted by Gasteiger charge is 2.23. The molecule has 0 bridgehead atoms. The molecule has 0 fully saturated rings. The molecule has 0 saturated carbocycles. The molecule has 142 valence electrons. The molecule has 0 heterocycles. The van der Waals surface area contributed by atoms with Crippen molar-refractivity contribution >= 4 is 38.1 Å². The van der Waals surface area contributed by atoms with Crippen molar-refractivity contribution in [3.8, 4) is 17.2 Å². The van der Waals surface area contributed by atoms with E-state index in [2.05, 4.69) is 31.9 Å². The van der Waals surface area contributed by atoms with Crippen LogP contribution in [0.1, 0.15) is 67.3 Å². The minimum absolute atomic E-state index is 0.153. The van der Waals surface area contributed by atoms with Gasteiger partial charge in [-0.15, -0.1) is 0 Å². The summed E-state index contributed by atoms with van der Waals surface area (Å²) in [5.74, 6) is 0.454. The van der Waals surface area contributed by atoms with Crippen LogP contribution >= 0.6 is 31.9 Å². The molecule has 6 heteroatoms. The number of carbonyl (C=O) groups excluding carboxylic acids is 1. The molecule has 0 saturated heterocycles. The van der Waals surface area contributed by atoms with Gasteiger partial charge in [0.25, 0.3) is 0 Å². The zero-order chi connectivity index (χ0) is 18.7. The summed E-state index contributed by atoms with van der Waals surface area (Å²) in [6.07, 6.45) is 11.1. The Kier molecular flexibility index (Phi) is 11.2. The topological polar surface area (TPSA) is 55.8 Å². The lowest BCUT2D eigenvalue weighted by Crippen LogP contribution is -2.02. The Bertz CT molecular complexity index is 547. The summed E-state index contributed by atoms with van der Waals surface area (Å²) in [6.45, 7) is 0. The van der Waals surface area contributed by atoms with Crippen LogP contribution < -0.4 is 9.47 Å². The van der Waals surface area contributed by atoms with Crippen LogP contribution in [0.4, 0.5) is 0 Å². The number of aldehydes is 1. The molecule has 1 rings (SSSR count). The third-order valence-electron chi connectivity index (χ3n) is 4.30. The van der Waals surface area contributed by atoms with Crippen molar-refractivity contribution in [1.29, 1.82) is 0 Å². The molecule has 0 aromatic heterocycles. The quantitative estimate of drug-likeness (QED) is 0.213. The largest absolute Gasteiger partial charge is 0.504 e. The summed E-state index contributed by atoms with van der Waals surface area (Å²) in [6, 6.07) is 0. The summed E-state index contributed by atoms with van der Waals surface area (Å²) < 4.78 is 11.2. The maximum absolute atomic E-state index is 11.4. The van der Waals surface area contributed by atoms with Gasteiger partial charge in [-0.05, 0) is 40.8 Å². The third kappa shape index (κ3) is 6.48. The normalized spacial score (nSPS) is 10.7. The van der Waals surface area contributed by atoms with Gasteiger partial charge in [0.15, 0.2) is 17.8 Å². The SMILES string of the molecule is COc1c(O)c(C=O)c(CCCCCCCCCCBr)c(Br)c1OC. The standard InChI is InChI=1S/C19H28Br2O4/c1-24-18-16(21)14(15(13-22)17(23)19(18)25-2)11-9-7-5-3-4-6-8-10-12-20/h13,23H,3-12H2,1-2H3. The van der Waals surface area contributed by atoms with Crippen LogP contribution in [-0.4, -0.2) is 30.9 Å². The minimum Gasteiger partial charge on any atom is -0.504 e. The highest BCUT2D eigenvalue weighted by Crippen LogP contribution is 2.47. The number of ether oxygens (including phenoxy) is 2. The lowest BCUT2D eigenvalue weighted by Gasteiger charge is -2.17. The summed E-state index contributed by atoms with van der Waals surface area (Å²) in [5.41, 5.74) is 1.06. The van der Waals surface area contributed by atoms with Crippen molar-refractivity contribution in [3.05, 3.63) is 15.6 Å². The van der Waals surface area contributed by atoms with E-state index in [0.29, 0.717) is 22.9 Å². The Balaban J connectivity index is 2.61. The molecular weight excluding hydrogens is 452 g/mol. The molecule has 0 aliphatic heterocycles. The number of methoxy groups -OCH3 is 2. The van der Waals surface area contributed by atoms with Gasteiger partial charge in [-0.1, -0.05) is 54.5 Å². The van der Waals surface area contributed by atoms with Crippen molar-refractivity contribution in [1.82, 2.24) is 0 Å². The number of phenols is 1. The van der Waals surface area contributed by atoms with Crippen molar-refractivity contribution in [2.24, 2.45) is 0 Å². The first-order chi connectivity index (χ1) is 12.1. The average Bonchev–Trinajstić information content (AvgIpc) is 2.62. The Labute approximate surface area is 167 Å². The summed E-state index contributed by atoms with van der Waals surface area (Å²) >= 11 is 6.95. The second-order valence-corrected chi connectivity index (χ2v) is 7.59. The second kappa shape index (κ2) is 12.6. The molecule has 0 atom stereocenters. The Morgan fingerprint density at radius 2 is 1.44 bits per heavy atom. The van der Waals surface area contributed by atoms with Crippen LogP contribution in [0.5, 0.6) is 17.2 Å². The monoisotopic (exact) mass is 478 g/mol. The van der Waals surface area contributed by atoms with Gasteiger partial charge >= 0.3 is 0 Å². The van der Waals surface area contributed by atoms with Crippen LogP contribution in [0, 0.1) is 0 Å². The molecule has 0 amide bonds. The van der Waals surface area contributed by atoms with Crippen LogP contribution in [0.15, 0.2) is 4.47 Å². The Morgan fingerprint density at radius 3 is 1.92 bits per heavy atom. The highest BCUT2D eigenvalue weighted by molar-refractivity contribution is 9.10. The van der Waals surface area contributed by atoms with Crippen LogP contribution in [0.2, 0.25) is 0 Å². The van der Waals surface area contributed by atoms with E-state index in [9.17, 15) is 9.90 Å². The van der Waals surface area contributed by atoms with E-state index in [-0.39, 0.29) is 17.1 Å². The maximum Gasteiger partial charge on any atom is 0.205 e. The van der Waals surface area contributed by atoms with Gasteiger partial charge in [0.1, 0.15) is 0 Å². The van der Waals surface area contributed by atoms with E-state index in [1.54, 1.807) is 0 Å². The number of hydrogen-bond acceptors (Lipinski definition) is 4. The molecule has 4 nitrogen and oxygen atoms in total. The molecule has 1 aromatic carbocycles. The van der Waals surface area contributed by atoms with Crippen LogP contribution in [0.25, 0.3) is 0 Å². The smallest absolute Gasteiger partial charge is 0.205 e. The summed E-state index contributed by atoms with van der Waals surface area (Å²) in [4.78, 5) is 11.4. The molecule has 0 aliphatic rings. The average molecular weight is 480 g/mol. The molecule has 25 heavy (non-hydrogen) atoms. The number of alkyl halides is 1. The predicted molar refractivity (Wildman–Crippen MR) is 109 cm³/mol. The molecule has 0 unspecified atom stereocenters. The van der Waals surface area contributed by atoms with Gasteiger partial charge in [0.05, 0.1) is 24.3 Å². The lowest BCUT2D eigenvalue weighted by molar-refractivity contribution is 0.111. The van der Waals surface area contributed by atoms with Gasteiger partial charge in [-0.2, -0.15) is 0 Å². The van der Waals surface area contributed by atoms with E-state index in [4.69, 9.17) is 9.47 Å². The number of aromatic hydroxyl groups is 1. The molecule has 0 spiro atoms. The summed E-state index contributed by atoms with van der Waals surface area (Å²) in [7, 11) is 2.96. The number of unbranched alkanes of at least 4 members (excludes halogenated alkanes) is 7. The van der Waals surface area contributed by atoms with Crippen LogP contribution in [0.3, 0.4) is 0 Å². The first kappa shape index (κ1) is 22.3. The zero-order valence-electron chi connectivity index (χ0n) is 15.1. The van der Waals surface area contributed by atoms with Gasteiger partial charge in [-0.3, -0.25) is 4.79 Å². The fourth-order valence-corrected chi connectivity index (χ4v) is 4.08. The fourth-order valence-electron chi connectivity index (χ4n) is 2.93. The van der Waals surface area contributed by atoms with Crippen molar-refractivity contribution in [2.75, 3.05) is 19.5 Å². The Hall–Kier alpha value is -0.750.